The second kappa shape index (κ2) is 8.24. The maximum atomic E-state index is 13.2. The number of anilines is 2. The SMILES string of the molecule is Fc1ccc(-n2cc(-c3ccc4c(Nc5cc(Cl)cc(I)c5)cccc4n3)nn2)cc1. The van der Waals surface area contributed by atoms with Crippen LogP contribution in [0.2, 0.25) is 5.02 Å². The Balaban J connectivity index is 1.48. The van der Waals surface area contributed by atoms with Crippen LogP contribution in [-0.2, 0) is 0 Å². The van der Waals surface area contributed by atoms with E-state index in [-0.39, 0.29) is 5.82 Å². The molecule has 8 heteroatoms. The minimum absolute atomic E-state index is 0.294. The number of benzene rings is 3. The molecule has 0 amide bonds. The first-order chi connectivity index (χ1) is 15.0. The molecule has 0 atom stereocenters. The molecule has 5 rings (SSSR count). The maximum absolute atomic E-state index is 13.2. The third-order valence-corrected chi connectivity index (χ3v) is 5.56. The van der Waals surface area contributed by atoms with E-state index in [1.165, 1.54) is 12.1 Å². The lowest BCUT2D eigenvalue weighted by molar-refractivity contribution is 0.626. The second-order valence-electron chi connectivity index (χ2n) is 6.88. The van der Waals surface area contributed by atoms with E-state index in [4.69, 9.17) is 16.6 Å². The van der Waals surface area contributed by atoms with Gasteiger partial charge in [0.2, 0.25) is 0 Å². The van der Waals surface area contributed by atoms with E-state index in [0.717, 1.165) is 31.5 Å². The average molecular weight is 542 g/mol. The average Bonchev–Trinajstić information content (AvgIpc) is 3.24. The molecule has 31 heavy (non-hydrogen) atoms. The molecule has 0 fully saturated rings. The van der Waals surface area contributed by atoms with Crippen molar-refractivity contribution >= 4 is 56.5 Å². The summed E-state index contributed by atoms with van der Waals surface area (Å²) in [6.07, 6.45) is 1.78. The minimum Gasteiger partial charge on any atom is -0.355 e. The topological polar surface area (TPSA) is 55.6 Å². The standard InChI is InChI=1S/C23H14ClFIN5/c24-14-10-16(26)12-17(11-14)27-20-2-1-3-21-19(20)8-9-22(28-21)23-13-31(30-29-23)18-6-4-15(25)5-7-18/h1-13,27H. The molecule has 0 unspecified atom stereocenters. The molecule has 5 aromatic rings. The third kappa shape index (κ3) is 4.24. The zero-order valence-corrected chi connectivity index (χ0v) is 18.8. The monoisotopic (exact) mass is 541 g/mol. The molecule has 0 bridgehead atoms. The van der Waals surface area contributed by atoms with Gasteiger partial charge in [-0.05, 0) is 89.3 Å². The zero-order valence-electron chi connectivity index (χ0n) is 15.9. The Kier molecular flexibility index (Phi) is 5.29. The first-order valence-electron chi connectivity index (χ1n) is 9.37. The van der Waals surface area contributed by atoms with Gasteiger partial charge >= 0.3 is 0 Å². The van der Waals surface area contributed by atoms with Crippen LogP contribution in [0.4, 0.5) is 15.8 Å². The molecule has 1 N–H and O–H groups in total. The molecule has 2 aromatic heterocycles. The van der Waals surface area contributed by atoms with Crippen molar-refractivity contribution in [2.45, 2.75) is 0 Å². The van der Waals surface area contributed by atoms with Gasteiger partial charge in [-0.15, -0.1) is 5.10 Å². The van der Waals surface area contributed by atoms with E-state index in [2.05, 4.69) is 38.2 Å². The van der Waals surface area contributed by atoms with E-state index in [9.17, 15) is 4.39 Å². The van der Waals surface area contributed by atoms with E-state index >= 15 is 0 Å². The fourth-order valence-electron chi connectivity index (χ4n) is 3.29. The Morgan fingerprint density at radius 3 is 2.58 bits per heavy atom. The molecule has 152 valence electrons. The largest absolute Gasteiger partial charge is 0.355 e. The second-order valence-corrected chi connectivity index (χ2v) is 8.56. The molecule has 0 aliphatic heterocycles. The number of hydrogen-bond donors (Lipinski definition) is 1. The highest BCUT2D eigenvalue weighted by molar-refractivity contribution is 14.1. The molecule has 0 aliphatic rings. The Bertz CT molecular complexity index is 1380. The van der Waals surface area contributed by atoms with Crippen LogP contribution in [0.3, 0.4) is 0 Å². The van der Waals surface area contributed by atoms with Gasteiger partial charge in [0.05, 0.1) is 23.1 Å². The molecular weight excluding hydrogens is 528 g/mol. The number of pyridine rings is 1. The number of rotatable bonds is 4. The van der Waals surface area contributed by atoms with Crippen molar-refractivity contribution in [3.05, 3.63) is 93.4 Å². The zero-order chi connectivity index (χ0) is 21.4. The van der Waals surface area contributed by atoms with Gasteiger partial charge in [0.25, 0.3) is 0 Å². The lowest BCUT2D eigenvalue weighted by Gasteiger charge is -2.11. The summed E-state index contributed by atoms with van der Waals surface area (Å²) in [4.78, 5) is 4.76. The van der Waals surface area contributed by atoms with Crippen LogP contribution in [0.1, 0.15) is 0 Å². The van der Waals surface area contributed by atoms with Gasteiger partial charge < -0.3 is 5.32 Å². The number of halogens is 3. The van der Waals surface area contributed by atoms with Crippen molar-refractivity contribution in [3.63, 3.8) is 0 Å². The fraction of sp³-hybridized carbons (Fsp3) is 0. The highest BCUT2D eigenvalue weighted by Gasteiger charge is 2.10. The summed E-state index contributed by atoms with van der Waals surface area (Å²) in [6, 6.07) is 21.7. The molecule has 0 saturated carbocycles. The Labute approximate surface area is 196 Å². The smallest absolute Gasteiger partial charge is 0.131 e. The van der Waals surface area contributed by atoms with Crippen LogP contribution >= 0.6 is 34.2 Å². The molecule has 0 saturated heterocycles. The van der Waals surface area contributed by atoms with E-state index in [1.54, 1.807) is 23.0 Å². The number of aromatic nitrogens is 4. The summed E-state index contributed by atoms with van der Waals surface area (Å²) in [6.45, 7) is 0. The Morgan fingerprint density at radius 1 is 0.935 bits per heavy atom. The van der Waals surface area contributed by atoms with Gasteiger partial charge in [0.15, 0.2) is 0 Å². The number of nitrogens with one attached hydrogen (secondary N) is 1. The van der Waals surface area contributed by atoms with Crippen LogP contribution in [-0.4, -0.2) is 20.0 Å². The molecule has 2 heterocycles. The van der Waals surface area contributed by atoms with Crippen molar-refractivity contribution in [3.8, 4) is 17.1 Å². The number of nitrogens with zero attached hydrogens (tertiary/aromatic N) is 4. The first-order valence-corrected chi connectivity index (χ1v) is 10.8. The van der Waals surface area contributed by atoms with E-state index < -0.39 is 0 Å². The van der Waals surface area contributed by atoms with Gasteiger partial charge in [0, 0.05) is 25.4 Å². The van der Waals surface area contributed by atoms with Crippen LogP contribution in [0.25, 0.3) is 28.0 Å². The third-order valence-electron chi connectivity index (χ3n) is 4.72. The molecule has 3 aromatic carbocycles. The van der Waals surface area contributed by atoms with Crippen LogP contribution in [0, 0.1) is 9.39 Å². The summed E-state index contributed by atoms with van der Waals surface area (Å²) in [5.41, 5.74) is 4.74. The summed E-state index contributed by atoms with van der Waals surface area (Å²) >= 11 is 8.43. The quantitative estimate of drug-likeness (QED) is 0.260. The minimum atomic E-state index is -0.294. The Morgan fingerprint density at radius 2 is 1.77 bits per heavy atom. The highest BCUT2D eigenvalue weighted by Crippen LogP contribution is 2.29. The fourth-order valence-corrected chi connectivity index (χ4v) is 4.38. The van der Waals surface area contributed by atoms with Gasteiger partial charge in [-0.1, -0.05) is 22.9 Å². The molecule has 0 radical (unpaired) electrons. The van der Waals surface area contributed by atoms with Crippen LogP contribution in [0.15, 0.2) is 79.0 Å². The summed E-state index contributed by atoms with van der Waals surface area (Å²) in [7, 11) is 0. The maximum Gasteiger partial charge on any atom is 0.131 e. The van der Waals surface area contributed by atoms with E-state index in [0.29, 0.717) is 16.4 Å². The van der Waals surface area contributed by atoms with Crippen LogP contribution < -0.4 is 5.32 Å². The predicted molar refractivity (Wildman–Crippen MR) is 130 cm³/mol. The van der Waals surface area contributed by atoms with Gasteiger partial charge in [-0.3, -0.25) is 0 Å². The van der Waals surface area contributed by atoms with Crippen molar-refractivity contribution < 1.29 is 4.39 Å². The molecule has 5 nitrogen and oxygen atoms in total. The predicted octanol–water partition coefficient (Wildman–Crippen LogP) is 6.62. The lowest BCUT2D eigenvalue weighted by atomic mass is 10.1. The molecule has 0 aliphatic carbocycles. The summed E-state index contributed by atoms with van der Waals surface area (Å²) < 4.78 is 15.8. The van der Waals surface area contributed by atoms with Gasteiger partial charge in [-0.25, -0.2) is 14.1 Å². The normalized spacial score (nSPS) is 11.1. The van der Waals surface area contributed by atoms with Crippen LogP contribution in [0.5, 0.6) is 0 Å². The van der Waals surface area contributed by atoms with Gasteiger partial charge in [0.1, 0.15) is 11.5 Å². The van der Waals surface area contributed by atoms with Crippen molar-refractivity contribution in [1.82, 2.24) is 20.0 Å². The highest BCUT2D eigenvalue weighted by atomic mass is 127. The molecule has 0 spiro atoms. The van der Waals surface area contributed by atoms with E-state index in [1.807, 2.05) is 48.5 Å². The Hall–Kier alpha value is -3.04. The lowest BCUT2D eigenvalue weighted by Crippen LogP contribution is -1.94. The van der Waals surface area contributed by atoms with Gasteiger partial charge in [-0.2, -0.15) is 0 Å². The van der Waals surface area contributed by atoms with Crippen molar-refractivity contribution in [2.75, 3.05) is 5.32 Å². The number of hydrogen-bond acceptors (Lipinski definition) is 4. The van der Waals surface area contributed by atoms with Crippen molar-refractivity contribution in [1.29, 1.82) is 0 Å². The summed E-state index contributed by atoms with van der Waals surface area (Å²) in [5.74, 6) is -0.294. The number of fused-ring (bicyclic) bond motifs is 1. The first kappa shape index (κ1) is 19.9. The molecular formula is C23H14ClFIN5. The summed E-state index contributed by atoms with van der Waals surface area (Å²) in [5, 5.41) is 13.5. The van der Waals surface area contributed by atoms with Crippen molar-refractivity contribution in [2.24, 2.45) is 0 Å².